The Morgan fingerprint density at radius 1 is 1.38 bits per heavy atom. The van der Waals surface area contributed by atoms with E-state index in [0.717, 1.165) is 37.0 Å². The Hall–Kier alpha value is -1.51. The number of para-hydroxylation sites is 1. The fourth-order valence-corrected chi connectivity index (χ4v) is 3.42. The molecular formula is C18H26O3. The number of carbonyl (C=O) groups is 1. The standard InChI is InChI=1S/C18H26O3/c1-3-5-8-14(4-2)13-18(17(19)20)11-12-21-16-10-7-6-9-15(16)18/h6-7,9-10,14H,3-5,8,11-13H2,1-2H3,(H,19,20). The van der Waals surface area contributed by atoms with Crippen molar-refractivity contribution >= 4 is 5.97 Å². The van der Waals surface area contributed by atoms with E-state index in [2.05, 4.69) is 13.8 Å². The molecule has 21 heavy (non-hydrogen) atoms. The van der Waals surface area contributed by atoms with Crippen LogP contribution in [0.3, 0.4) is 0 Å². The van der Waals surface area contributed by atoms with Crippen LogP contribution < -0.4 is 4.74 Å². The molecule has 0 spiro atoms. The highest BCUT2D eigenvalue weighted by Gasteiger charge is 2.45. The number of benzene rings is 1. The van der Waals surface area contributed by atoms with Gasteiger partial charge in [0.25, 0.3) is 0 Å². The molecule has 1 aromatic carbocycles. The van der Waals surface area contributed by atoms with Crippen molar-refractivity contribution in [1.82, 2.24) is 0 Å². The Balaban J connectivity index is 2.32. The van der Waals surface area contributed by atoms with Gasteiger partial charge < -0.3 is 9.84 Å². The van der Waals surface area contributed by atoms with E-state index in [1.807, 2.05) is 24.3 Å². The van der Waals surface area contributed by atoms with Crippen LogP contribution in [0.2, 0.25) is 0 Å². The van der Waals surface area contributed by atoms with Gasteiger partial charge in [0.15, 0.2) is 0 Å². The first-order valence-electron chi connectivity index (χ1n) is 8.09. The van der Waals surface area contributed by atoms with Crippen LogP contribution in [-0.2, 0) is 10.2 Å². The number of hydrogen-bond acceptors (Lipinski definition) is 2. The SMILES string of the molecule is CCCCC(CC)CC1(C(=O)O)CCOc2ccccc21. The Labute approximate surface area is 127 Å². The predicted molar refractivity (Wildman–Crippen MR) is 83.8 cm³/mol. The third kappa shape index (κ3) is 3.22. The van der Waals surface area contributed by atoms with Crippen molar-refractivity contribution in [2.45, 2.75) is 57.8 Å². The van der Waals surface area contributed by atoms with E-state index in [1.165, 1.54) is 6.42 Å². The van der Waals surface area contributed by atoms with Crippen molar-refractivity contribution < 1.29 is 14.6 Å². The lowest BCUT2D eigenvalue weighted by atomic mass is 9.69. The monoisotopic (exact) mass is 290 g/mol. The minimum atomic E-state index is -0.775. The molecule has 0 bridgehead atoms. The summed E-state index contributed by atoms with van der Waals surface area (Å²) in [5, 5.41) is 9.95. The third-order valence-electron chi connectivity index (χ3n) is 4.78. The topological polar surface area (TPSA) is 46.5 Å². The Morgan fingerprint density at radius 3 is 2.81 bits per heavy atom. The maximum absolute atomic E-state index is 12.1. The fraction of sp³-hybridized carbons (Fsp3) is 0.611. The smallest absolute Gasteiger partial charge is 0.314 e. The van der Waals surface area contributed by atoms with Crippen molar-refractivity contribution in [3.8, 4) is 5.75 Å². The molecule has 3 heteroatoms. The molecule has 3 nitrogen and oxygen atoms in total. The molecule has 2 atom stereocenters. The molecule has 0 fully saturated rings. The summed E-state index contributed by atoms with van der Waals surface area (Å²) in [4.78, 5) is 12.1. The molecule has 0 saturated carbocycles. The maximum atomic E-state index is 12.1. The normalized spacial score (nSPS) is 22.2. The van der Waals surface area contributed by atoms with Gasteiger partial charge >= 0.3 is 5.97 Å². The first-order chi connectivity index (χ1) is 10.1. The number of carboxylic acid groups (broad SMARTS) is 1. The molecule has 2 unspecified atom stereocenters. The number of fused-ring (bicyclic) bond motifs is 1. The lowest BCUT2D eigenvalue weighted by Crippen LogP contribution is -2.42. The molecular weight excluding hydrogens is 264 g/mol. The van der Waals surface area contributed by atoms with Crippen LogP contribution in [-0.4, -0.2) is 17.7 Å². The van der Waals surface area contributed by atoms with Crippen LogP contribution in [0.4, 0.5) is 0 Å². The zero-order valence-corrected chi connectivity index (χ0v) is 13.1. The zero-order chi connectivity index (χ0) is 15.3. The lowest BCUT2D eigenvalue weighted by Gasteiger charge is -2.37. The van der Waals surface area contributed by atoms with E-state index < -0.39 is 11.4 Å². The quantitative estimate of drug-likeness (QED) is 0.809. The number of ether oxygens (including phenoxy) is 1. The number of hydrogen-bond donors (Lipinski definition) is 1. The summed E-state index contributed by atoms with van der Waals surface area (Å²) in [5.74, 6) is 0.511. The van der Waals surface area contributed by atoms with Crippen LogP contribution >= 0.6 is 0 Å². The number of unbranched alkanes of at least 4 members (excludes halogenated alkanes) is 1. The van der Waals surface area contributed by atoms with Gasteiger partial charge in [-0.2, -0.15) is 0 Å². The lowest BCUT2D eigenvalue weighted by molar-refractivity contribution is -0.146. The summed E-state index contributed by atoms with van der Waals surface area (Å²) in [6.07, 6.45) is 5.78. The van der Waals surface area contributed by atoms with Crippen molar-refractivity contribution in [2.75, 3.05) is 6.61 Å². The Bertz CT molecular complexity index is 483. The second kappa shape index (κ2) is 6.97. The van der Waals surface area contributed by atoms with E-state index >= 15 is 0 Å². The summed E-state index contributed by atoms with van der Waals surface area (Å²) < 4.78 is 5.66. The van der Waals surface area contributed by atoms with Gasteiger partial charge in [-0.3, -0.25) is 4.79 Å². The van der Waals surface area contributed by atoms with Gasteiger partial charge in [-0.15, -0.1) is 0 Å². The highest BCUT2D eigenvalue weighted by molar-refractivity contribution is 5.83. The number of aliphatic carboxylic acids is 1. The Morgan fingerprint density at radius 2 is 2.14 bits per heavy atom. The summed E-state index contributed by atoms with van der Waals surface area (Å²) in [6.45, 7) is 4.85. The molecule has 0 amide bonds. The van der Waals surface area contributed by atoms with Gasteiger partial charge in [-0.1, -0.05) is 57.7 Å². The minimum absolute atomic E-state index is 0.465. The van der Waals surface area contributed by atoms with Crippen LogP contribution in [0.1, 0.15) is 57.9 Å². The Kier molecular flexibility index (Phi) is 5.27. The van der Waals surface area contributed by atoms with E-state index in [9.17, 15) is 9.90 Å². The minimum Gasteiger partial charge on any atom is -0.493 e. The molecule has 116 valence electrons. The van der Waals surface area contributed by atoms with Crippen molar-refractivity contribution in [1.29, 1.82) is 0 Å². The fourth-order valence-electron chi connectivity index (χ4n) is 3.42. The number of carboxylic acids is 1. The van der Waals surface area contributed by atoms with E-state index in [0.29, 0.717) is 18.9 Å². The highest BCUT2D eigenvalue weighted by Crippen LogP contribution is 2.44. The first kappa shape index (κ1) is 15.9. The molecule has 1 aliphatic rings. The van der Waals surface area contributed by atoms with E-state index in [-0.39, 0.29) is 0 Å². The number of rotatable bonds is 7. The van der Waals surface area contributed by atoms with Crippen molar-refractivity contribution in [2.24, 2.45) is 5.92 Å². The van der Waals surface area contributed by atoms with Crippen LogP contribution in [0.25, 0.3) is 0 Å². The molecule has 0 aromatic heterocycles. The summed E-state index contributed by atoms with van der Waals surface area (Å²) in [7, 11) is 0. The average Bonchev–Trinajstić information content (AvgIpc) is 2.51. The second-order valence-electron chi connectivity index (χ2n) is 6.10. The highest BCUT2D eigenvalue weighted by atomic mass is 16.5. The molecule has 1 aliphatic heterocycles. The summed E-state index contributed by atoms with van der Waals surface area (Å²) in [5.41, 5.74) is 0.0854. The van der Waals surface area contributed by atoms with E-state index in [1.54, 1.807) is 0 Å². The molecule has 0 radical (unpaired) electrons. The van der Waals surface area contributed by atoms with Crippen LogP contribution in [0.15, 0.2) is 24.3 Å². The van der Waals surface area contributed by atoms with Gasteiger partial charge in [0.1, 0.15) is 5.75 Å². The maximum Gasteiger partial charge on any atom is 0.314 e. The average molecular weight is 290 g/mol. The van der Waals surface area contributed by atoms with Crippen molar-refractivity contribution in [3.63, 3.8) is 0 Å². The van der Waals surface area contributed by atoms with Gasteiger partial charge in [0, 0.05) is 12.0 Å². The summed E-state index contributed by atoms with van der Waals surface area (Å²) in [6, 6.07) is 7.64. The molecule has 1 N–H and O–H groups in total. The van der Waals surface area contributed by atoms with Crippen molar-refractivity contribution in [3.05, 3.63) is 29.8 Å². The summed E-state index contributed by atoms with van der Waals surface area (Å²) >= 11 is 0. The van der Waals surface area contributed by atoms with Crippen LogP contribution in [0.5, 0.6) is 5.75 Å². The van der Waals surface area contributed by atoms with E-state index in [4.69, 9.17) is 4.74 Å². The molecule has 2 rings (SSSR count). The molecule has 0 aliphatic carbocycles. The van der Waals surface area contributed by atoms with Crippen LogP contribution in [0, 0.1) is 5.92 Å². The third-order valence-corrected chi connectivity index (χ3v) is 4.78. The second-order valence-corrected chi connectivity index (χ2v) is 6.10. The predicted octanol–water partition coefficient (Wildman–Crippen LogP) is 4.40. The molecule has 1 aromatic rings. The molecule has 1 heterocycles. The largest absolute Gasteiger partial charge is 0.493 e. The molecule has 0 saturated heterocycles. The van der Waals surface area contributed by atoms with Gasteiger partial charge in [0.2, 0.25) is 0 Å². The zero-order valence-electron chi connectivity index (χ0n) is 13.1. The van der Waals surface area contributed by atoms with Gasteiger partial charge in [-0.05, 0) is 18.4 Å². The first-order valence-corrected chi connectivity index (χ1v) is 8.09. The van der Waals surface area contributed by atoms with Gasteiger partial charge in [-0.25, -0.2) is 0 Å². The van der Waals surface area contributed by atoms with Gasteiger partial charge in [0.05, 0.1) is 12.0 Å².